The van der Waals surface area contributed by atoms with Crippen molar-refractivity contribution in [1.82, 2.24) is 15.0 Å². The number of hydrogen-bond acceptors (Lipinski definition) is 5. The average Bonchev–Trinajstić information content (AvgIpc) is 2.69. The second kappa shape index (κ2) is 4.22. The molecule has 4 nitrogen and oxygen atoms in total. The lowest BCUT2D eigenvalue weighted by molar-refractivity contribution is 0.112. The summed E-state index contributed by atoms with van der Waals surface area (Å²) in [5, 5.41) is 1.84. The van der Waals surface area contributed by atoms with Gasteiger partial charge < -0.3 is 0 Å². The van der Waals surface area contributed by atoms with Crippen molar-refractivity contribution in [1.29, 1.82) is 0 Å². The van der Waals surface area contributed by atoms with Crippen molar-refractivity contribution >= 4 is 40.8 Å². The summed E-state index contributed by atoms with van der Waals surface area (Å²) in [5.74, 6) is 0.317. The third-order valence-corrected chi connectivity index (χ3v) is 2.79. The Morgan fingerprint density at radius 3 is 2.40 bits per heavy atom. The van der Waals surface area contributed by atoms with Crippen LogP contribution in [0.25, 0.3) is 11.5 Å². The van der Waals surface area contributed by atoms with E-state index in [1.807, 2.05) is 0 Å². The van der Waals surface area contributed by atoms with Crippen LogP contribution in [-0.4, -0.2) is 21.2 Å². The molecule has 0 bridgehead atoms. The molecule has 2 aromatic rings. The minimum atomic E-state index is 0.0352. The van der Waals surface area contributed by atoms with Crippen molar-refractivity contribution in [3.05, 3.63) is 26.8 Å². The predicted octanol–water partition coefficient (Wildman–Crippen LogP) is 2.72. The zero-order valence-corrected chi connectivity index (χ0v) is 9.47. The van der Waals surface area contributed by atoms with E-state index in [0.717, 1.165) is 0 Å². The molecule has 0 spiro atoms. The molecular weight excluding hydrogens is 257 g/mol. The lowest BCUT2D eigenvalue weighted by Crippen LogP contribution is -1.96. The molecule has 0 N–H and O–H groups in total. The summed E-state index contributed by atoms with van der Waals surface area (Å²) < 4.78 is 0. The maximum Gasteiger partial charge on any atom is 0.181 e. The van der Waals surface area contributed by atoms with E-state index in [2.05, 4.69) is 15.0 Å². The monoisotopic (exact) mass is 259 g/mol. The van der Waals surface area contributed by atoms with E-state index in [4.69, 9.17) is 23.2 Å². The van der Waals surface area contributed by atoms with Crippen LogP contribution in [0.3, 0.4) is 0 Å². The van der Waals surface area contributed by atoms with Gasteiger partial charge in [0.1, 0.15) is 16.0 Å². The molecule has 0 radical (unpaired) electrons. The Morgan fingerprint density at radius 2 is 1.93 bits per heavy atom. The van der Waals surface area contributed by atoms with Crippen LogP contribution in [0.2, 0.25) is 10.3 Å². The summed E-state index contributed by atoms with van der Waals surface area (Å²) in [6.07, 6.45) is 0.523. The molecule has 7 heteroatoms. The zero-order chi connectivity index (χ0) is 10.8. The van der Waals surface area contributed by atoms with Crippen LogP contribution in [0.15, 0.2) is 10.9 Å². The highest BCUT2D eigenvalue weighted by Gasteiger charge is 2.12. The Kier molecular flexibility index (Phi) is 2.95. The summed E-state index contributed by atoms with van der Waals surface area (Å²) in [5.41, 5.74) is 2.33. The predicted molar refractivity (Wildman–Crippen MR) is 58.5 cm³/mol. The lowest BCUT2D eigenvalue weighted by atomic mass is 10.3. The molecule has 0 amide bonds. The summed E-state index contributed by atoms with van der Waals surface area (Å²) >= 11 is 12.9. The molecule has 0 atom stereocenters. The molecule has 0 aliphatic rings. The van der Waals surface area contributed by atoms with Gasteiger partial charge in [0, 0.05) is 5.38 Å². The minimum absolute atomic E-state index is 0.0352. The fourth-order valence-electron chi connectivity index (χ4n) is 0.951. The van der Waals surface area contributed by atoms with Gasteiger partial charge in [-0.3, -0.25) is 4.79 Å². The van der Waals surface area contributed by atoms with Crippen molar-refractivity contribution in [2.24, 2.45) is 0 Å². The van der Waals surface area contributed by atoms with Crippen LogP contribution in [0, 0.1) is 0 Å². The first-order chi connectivity index (χ1) is 7.22. The van der Waals surface area contributed by atoms with Gasteiger partial charge in [0.15, 0.2) is 12.1 Å². The number of aromatic nitrogens is 3. The van der Waals surface area contributed by atoms with Gasteiger partial charge in [-0.15, -0.1) is 11.3 Å². The molecule has 2 heterocycles. The lowest BCUT2D eigenvalue weighted by Gasteiger charge is -2.00. The first-order valence-electron chi connectivity index (χ1n) is 3.79. The smallest absolute Gasteiger partial charge is 0.181 e. The summed E-state index contributed by atoms with van der Waals surface area (Å²) in [6, 6.07) is 0. The molecule has 2 rings (SSSR count). The highest BCUT2D eigenvalue weighted by molar-refractivity contribution is 7.07. The largest absolute Gasteiger partial charge is 0.298 e. The Balaban J connectivity index is 2.58. The average molecular weight is 260 g/mol. The number of halogens is 2. The molecule has 76 valence electrons. The van der Waals surface area contributed by atoms with Gasteiger partial charge in [-0.05, 0) is 0 Å². The second-order valence-corrected chi connectivity index (χ2v) is 3.97. The van der Waals surface area contributed by atoms with Crippen molar-refractivity contribution in [3.8, 4) is 11.5 Å². The molecule has 0 aliphatic heterocycles. The fraction of sp³-hybridized carbons (Fsp3) is 0. The highest BCUT2D eigenvalue weighted by Crippen LogP contribution is 2.23. The van der Waals surface area contributed by atoms with Crippen molar-refractivity contribution in [2.45, 2.75) is 0 Å². The van der Waals surface area contributed by atoms with Gasteiger partial charge in [0.2, 0.25) is 0 Å². The van der Waals surface area contributed by atoms with Crippen LogP contribution in [0.1, 0.15) is 10.4 Å². The summed E-state index contributed by atoms with van der Waals surface area (Å²) in [7, 11) is 0. The molecule has 0 saturated heterocycles. The third kappa shape index (κ3) is 1.99. The van der Waals surface area contributed by atoms with E-state index in [0.29, 0.717) is 17.8 Å². The Hall–Kier alpha value is -1.04. The van der Waals surface area contributed by atoms with Crippen LogP contribution in [0.5, 0.6) is 0 Å². The van der Waals surface area contributed by atoms with E-state index in [-0.39, 0.29) is 15.9 Å². The van der Waals surface area contributed by atoms with Gasteiger partial charge in [-0.25, -0.2) is 15.0 Å². The summed E-state index contributed by atoms with van der Waals surface area (Å²) in [4.78, 5) is 22.5. The molecule has 0 saturated carbocycles. The highest BCUT2D eigenvalue weighted by atomic mass is 35.5. The van der Waals surface area contributed by atoms with E-state index in [1.54, 1.807) is 10.9 Å². The first-order valence-corrected chi connectivity index (χ1v) is 5.49. The van der Waals surface area contributed by atoms with Gasteiger partial charge in [0.25, 0.3) is 0 Å². The number of hydrogen-bond donors (Lipinski definition) is 0. The SMILES string of the molecule is O=Cc1c(Cl)nc(-c2cscn2)nc1Cl. The number of aldehydes is 1. The van der Waals surface area contributed by atoms with E-state index < -0.39 is 0 Å². The molecule has 2 aromatic heterocycles. The number of carbonyl (C=O) groups is 1. The van der Waals surface area contributed by atoms with Gasteiger partial charge in [-0.2, -0.15) is 0 Å². The Labute approximate surface area is 98.9 Å². The number of rotatable bonds is 2. The van der Waals surface area contributed by atoms with Gasteiger partial charge >= 0.3 is 0 Å². The molecule has 15 heavy (non-hydrogen) atoms. The van der Waals surface area contributed by atoms with E-state index >= 15 is 0 Å². The van der Waals surface area contributed by atoms with E-state index in [1.165, 1.54) is 11.3 Å². The van der Waals surface area contributed by atoms with Crippen LogP contribution in [0.4, 0.5) is 0 Å². The fourth-order valence-corrected chi connectivity index (χ4v) is 1.96. The van der Waals surface area contributed by atoms with Gasteiger partial charge in [-0.1, -0.05) is 23.2 Å². The van der Waals surface area contributed by atoms with Crippen molar-refractivity contribution < 1.29 is 4.79 Å². The van der Waals surface area contributed by atoms with Gasteiger partial charge in [0.05, 0.1) is 11.1 Å². The normalized spacial score (nSPS) is 10.3. The summed E-state index contributed by atoms with van der Waals surface area (Å²) in [6.45, 7) is 0. The topological polar surface area (TPSA) is 55.7 Å². The quantitative estimate of drug-likeness (QED) is 0.615. The third-order valence-electron chi connectivity index (χ3n) is 1.63. The Morgan fingerprint density at radius 1 is 1.27 bits per heavy atom. The number of nitrogens with zero attached hydrogens (tertiary/aromatic N) is 3. The van der Waals surface area contributed by atoms with Crippen LogP contribution in [-0.2, 0) is 0 Å². The standard InChI is InChI=1S/C8H3Cl2N3OS/c9-6-4(1-14)7(10)13-8(12-6)5-2-15-3-11-5/h1-3H. The van der Waals surface area contributed by atoms with Crippen molar-refractivity contribution in [3.63, 3.8) is 0 Å². The van der Waals surface area contributed by atoms with Crippen LogP contribution >= 0.6 is 34.5 Å². The molecular formula is C8H3Cl2N3OS. The maximum atomic E-state index is 10.6. The minimum Gasteiger partial charge on any atom is -0.298 e. The number of thiazole rings is 1. The molecule has 0 unspecified atom stereocenters. The molecule has 0 fully saturated rings. The molecule has 0 aliphatic carbocycles. The van der Waals surface area contributed by atoms with E-state index in [9.17, 15) is 4.79 Å². The first kappa shape index (κ1) is 10.5. The molecule has 0 aromatic carbocycles. The maximum absolute atomic E-state index is 10.6. The number of carbonyl (C=O) groups excluding carboxylic acids is 1. The van der Waals surface area contributed by atoms with Crippen LogP contribution < -0.4 is 0 Å². The Bertz CT molecular complexity index is 478. The zero-order valence-electron chi connectivity index (χ0n) is 7.15. The van der Waals surface area contributed by atoms with Crippen molar-refractivity contribution in [2.75, 3.05) is 0 Å². The second-order valence-electron chi connectivity index (χ2n) is 2.53.